The number of nitrogens with one attached hydrogen (secondary N) is 1. The lowest BCUT2D eigenvalue weighted by Crippen LogP contribution is -2.51. The predicted octanol–water partition coefficient (Wildman–Crippen LogP) is 4.25. The second-order valence-corrected chi connectivity index (χ2v) is 9.98. The highest BCUT2D eigenvalue weighted by atomic mass is 16.4. The van der Waals surface area contributed by atoms with Crippen LogP contribution < -0.4 is 5.32 Å². The first-order valence-electron chi connectivity index (χ1n) is 11.6. The maximum absolute atomic E-state index is 13.2. The van der Waals surface area contributed by atoms with Crippen molar-refractivity contribution in [1.82, 2.24) is 25.5 Å². The van der Waals surface area contributed by atoms with Crippen LogP contribution >= 0.6 is 0 Å². The summed E-state index contributed by atoms with van der Waals surface area (Å²) in [6, 6.07) is 9.38. The number of hydrogen-bond acceptors (Lipinski definition) is 6. The summed E-state index contributed by atoms with van der Waals surface area (Å²) in [6.45, 7) is 1.92. The van der Waals surface area contributed by atoms with Gasteiger partial charge in [0, 0.05) is 29.2 Å². The zero-order chi connectivity index (χ0) is 21.8. The van der Waals surface area contributed by atoms with Gasteiger partial charge in [0.2, 0.25) is 11.8 Å². The Morgan fingerprint density at radius 2 is 2.03 bits per heavy atom. The maximum Gasteiger partial charge on any atom is 0.270 e. The summed E-state index contributed by atoms with van der Waals surface area (Å²) in [4.78, 5) is 21.8. The lowest BCUT2D eigenvalue weighted by atomic mass is 9.69. The van der Waals surface area contributed by atoms with Gasteiger partial charge in [-0.15, -0.1) is 10.2 Å². The van der Waals surface area contributed by atoms with Gasteiger partial charge in [0.1, 0.15) is 5.69 Å². The summed E-state index contributed by atoms with van der Waals surface area (Å²) >= 11 is 0. The highest BCUT2D eigenvalue weighted by molar-refractivity contribution is 5.93. The fourth-order valence-corrected chi connectivity index (χ4v) is 6.68. The molecule has 3 aliphatic rings. The van der Waals surface area contributed by atoms with Gasteiger partial charge in [-0.05, 0) is 75.1 Å². The summed E-state index contributed by atoms with van der Waals surface area (Å²) in [7, 11) is 0. The minimum absolute atomic E-state index is 0.0714. The monoisotopic (exact) mass is 429 g/mol. The van der Waals surface area contributed by atoms with Crippen molar-refractivity contribution in [3.05, 3.63) is 60.0 Å². The van der Waals surface area contributed by atoms with E-state index in [0.717, 1.165) is 55.7 Å². The molecular weight excluding hydrogens is 402 g/mol. The molecule has 3 aliphatic carbocycles. The second-order valence-electron chi connectivity index (χ2n) is 9.98. The molecule has 4 atom stereocenters. The molecule has 0 spiro atoms. The molecular formula is C25H27N5O2. The van der Waals surface area contributed by atoms with Crippen molar-refractivity contribution in [1.29, 1.82) is 0 Å². The number of fused-ring (bicyclic) bond motifs is 2. The van der Waals surface area contributed by atoms with Crippen molar-refractivity contribution in [3.63, 3.8) is 0 Å². The molecule has 6 rings (SSSR count). The second kappa shape index (κ2) is 7.22. The molecule has 4 unspecified atom stereocenters. The molecule has 3 heterocycles. The first-order chi connectivity index (χ1) is 15.6. The van der Waals surface area contributed by atoms with E-state index in [1.54, 1.807) is 18.5 Å². The number of nitrogens with zero attached hydrogens (tertiary/aromatic N) is 4. The topological polar surface area (TPSA) is 93.8 Å². The van der Waals surface area contributed by atoms with Crippen LogP contribution in [0, 0.1) is 18.8 Å². The third kappa shape index (κ3) is 3.14. The molecule has 1 amide bonds. The third-order valence-corrected chi connectivity index (χ3v) is 7.89. The van der Waals surface area contributed by atoms with Crippen molar-refractivity contribution < 1.29 is 9.21 Å². The van der Waals surface area contributed by atoms with Gasteiger partial charge in [-0.3, -0.25) is 9.78 Å². The van der Waals surface area contributed by atoms with Crippen molar-refractivity contribution in [2.24, 2.45) is 11.8 Å². The Kier molecular flexibility index (Phi) is 4.42. The lowest BCUT2D eigenvalue weighted by molar-refractivity contribution is 0.0856. The molecule has 164 valence electrons. The minimum atomic E-state index is -0.237. The van der Waals surface area contributed by atoms with Crippen molar-refractivity contribution in [3.8, 4) is 11.5 Å². The van der Waals surface area contributed by atoms with Gasteiger partial charge in [0.15, 0.2) is 0 Å². The van der Waals surface area contributed by atoms with Crippen LogP contribution in [0.1, 0.15) is 67.0 Å². The number of aryl methyl sites for hydroxylation is 1. The number of carbonyl (C=O) groups is 1. The summed E-state index contributed by atoms with van der Waals surface area (Å²) in [6.07, 6.45) is 10.9. The molecule has 7 heteroatoms. The van der Waals surface area contributed by atoms with Crippen molar-refractivity contribution >= 4 is 5.91 Å². The number of pyridine rings is 2. The summed E-state index contributed by atoms with van der Waals surface area (Å²) in [5.74, 6) is 2.26. The van der Waals surface area contributed by atoms with Crippen molar-refractivity contribution in [2.45, 2.75) is 62.8 Å². The fraction of sp³-hybridized carbons (Fsp3) is 0.480. The summed E-state index contributed by atoms with van der Waals surface area (Å²) in [5.41, 5.74) is 1.83. The largest absolute Gasteiger partial charge is 0.420 e. The zero-order valence-corrected chi connectivity index (χ0v) is 18.3. The molecule has 0 aliphatic heterocycles. The van der Waals surface area contributed by atoms with E-state index in [-0.39, 0.29) is 16.9 Å². The van der Waals surface area contributed by atoms with E-state index in [1.165, 1.54) is 6.42 Å². The van der Waals surface area contributed by atoms with Gasteiger partial charge in [-0.2, -0.15) is 0 Å². The average Bonchev–Trinajstić information content (AvgIpc) is 3.34. The van der Waals surface area contributed by atoms with Crippen LogP contribution in [0.3, 0.4) is 0 Å². The van der Waals surface area contributed by atoms with Crippen LogP contribution in [-0.4, -0.2) is 31.6 Å². The van der Waals surface area contributed by atoms with E-state index >= 15 is 0 Å². The summed E-state index contributed by atoms with van der Waals surface area (Å²) in [5, 5.41) is 12.4. The van der Waals surface area contributed by atoms with E-state index in [1.807, 2.05) is 31.2 Å². The van der Waals surface area contributed by atoms with E-state index in [0.29, 0.717) is 23.4 Å². The van der Waals surface area contributed by atoms with Gasteiger partial charge in [-0.1, -0.05) is 18.9 Å². The average molecular weight is 430 g/mol. The Balaban J connectivity index is 1.34. The molecule has 32 heavy (non-hydrogen) atoms. The maximum atomic E-state index is 13.2. The van der Waals surface area contributed by atoms with Gasteiger partial charge < -0.3 is 9.73 Å². The fourth-order valence-electron chi connectivity index (χ4n) is 6.68. The molecule has 1 N–H and O–H groups in total. The molecule has 3 saturated carbocycles. The number of rotatable bonds is 4. The van der Waals surface area contributed by atoms with Gasteiger partial charge >= 0.3 is 0 Å². The van der Waals surface area contributed by atoms with E-state index in [2.05, 4.69) is 25.5 Å². The zero-order valence-electron chi connectivity index (χ0n) is 18.3. The predicted molar refractivity (Wildman–Crippen MR) is 118 cm³/mol. The molecule has 3 bridgehead atoms. The Hall–Kier alpha value is -3.09. The number of hydrogen-bond donors (Lipinski definition) is 1. The van der Waals surface area contributed by atoms with E-state index in [9.17, 15) is 4.79 Å². The number of amides is 1. The highest BCUT2D eigenvalue weighted by Gasteiger charge is 2.62. The number of carbonyl (C=O) groups excluding carboxylic acids is 1. The third-order valence-electron chi connectivity index (χ3n) is 7.89. The minimum Gasteiger partial charge on any atom is -0.420 e. The first kappa shape index (κ1) is 19.6. The van der Waals surface area contributed by atoms with E-state index < -0.39 is 0 Å². The molecule has 0 radical (unpaired) electrons. The molecule has 3 aromatic rings. The summed E-state index contributed by atoms with van der Waals surface area (Å²) < 4.78 is 6.27. The Morgan fingerprint density at radius 3 is 2.88 bits per heavy atom. The molecule has 7 nitrogen and oxygen atoms in total. The van der Waals surface area contributed by atoms with Crippen LogP contribution in [0.4, 0.5) is 0 Å². The van der Waals surface area contributed by atoms with Crippen LogP contribution in [0.25, 0.3) is 11.5 Å². The Morgan fingerprint density at radius 1 is 1.16 bits per heavy atom. The first-order valence-corrected chi connectivity index (χ1v) is 11.6. The molecule has 0 saturated heterocycles. The standard InChI is InChI=1S/C25H27N5O2/c1-16-4-2-6-20(27-16)21(31)28-25-9-3-5-17-12-19(25)14-24(13-17,15-25)23-30-29-22(32-23)18-7-10-26-11-8-18/h2,4,6-8,10-11,17,19H,3,5,9,12-15H2,1H3,(H,28,31). The van der Waals surface area contributed by atoms with Crippen molar-refractivity contribution in [2.75, 3.05) is 0 Å². The van der Waals surface area contributed by atoms with Crippen LogP contribution in [0.15, 0.2) is 47.1 Å². The molecule has 3 fully saturated rings. The van der Waals surface area contributed by atoms with E-state index in [4.69, 9.17) is 4.42 Å². The quantitative estimate of drug-likeness (QED) is 0.666. The molecule has 3 aromatic heterocycles. The molecule has 0 aromatic carbocycles. The number of aromatic nitrogens is 4. The van der Waals surface area contributed by atoms with Crippen LogP contribution in [0.2, 0.25) is 0 Å². The van der Waals surface area contributed by atoms with Crippen LogP contribution in [0.5, 0.6) is 0 Å². The van der Waals surface area contributed by atoms with Gasteiger partial charge in [0.05, 0.1) is 5.41 Å². The highest BCUT2D eigenvalue weighted by Crippen LogP contribution is 2.62. The SMILES string of the molecule is Cc1cccc(C(=O)NC23CCCC4CC2CC(c2nnc(-c5ccncc5)o2)(C4)C3)n1. The smallest absolute Gasteiger partial charge is 0.270 e. The Labute approximate surface area is 187 Å². The van der Waals surface area contributed by atoms with Gasteiger partial charge in [0.25, 0.3) is 5.91 Å². The lowest BCUT2D eigenvalue weighted by Gasteiger charge is -2.35. The van der Waals surface area contributed by atoms with Crippen LogP contribution in [-0.2, 0) is 5.41 Å². The Bertz CT molecular complexity index is 1160. The normalized spacial score (nSPS) is 30.8. The van der Waals surface area contributed by atoms with Gasteiger partial charge in [-0.25, -0.2) is 4.98 Å².